The van der Waals surface area contributed by atoms with Gasteiger partial charge in [-0.05, 0) is 39.5 Å². The van der Waals surface area contributed by atoms with Crippen LogP contribution in [0.15, 0.2) is 6.33 Å². The number of imidazole rings is 1. The van der Waals surface area contributed by atoms with E-state index in [1.807, 2.05) is 0 Å². The maximum Gasteiger partial charge on any atom is 0.323 e. The van der Waals surface area contributed by atoms with E-state index in [1.165, 1.54) is 38.5 Å². The molecule has 0 aromatic carbocycles. The molecule has 2 aromatic rings. The number of nitrogen functional groups attached to an aromatic ring is 1. The summed E-state index contributed by atoms with van der Waals surface area (Å²) in [4.78, 5) is 38.7. The quantitative estimate of drug-likeness (QED) is 0.0492. The molecular formula is C33H59N8O6P. The first kappa shape index (κ1) is 39.6. The molecule has 1 saturated carbocycles. The van der Waals surface area contributed by atoms with E-state index < -0.39 is 31.5 Å². The van der Waals surface area contributed by atoms with Crippen LogP contribution in [0.2, 0.25) is 0 Å². The Morgan fingerprint density at radius 2 is 1.42 bits per heavy atom. The van der Waals surface area contributed by atoms with Gasteiger partial charge in [-0.15, -0.1) is 0 Å². The molecule has 1 aliphatic rings. The van der Waals surface area contributed by atoms with Gasteiger partial charge in [0, 0.05) is 12.6 Å². The van der Waals surface area contributed by atoms with Gasteiger partial charge in [-0.25, -0.2) is 15.2 Å². The van der Waals surface area contributed by atoms with Crippen LogP contribution in [-0.2, 0) is 34.9 Å². The van der Waals surface area contributed by atoms with Gasteiger partial charge >= 0.3 is 11.9 Å². The van der Waals surface area contributed by atoms with Crippen LogP contribution in [0, 0.1) is 0 Å². The largest absolute Gasteiger partial charge is 0.465 e. The molecular weight excluding hydrogens is 635 g/mol. The van der Waals surface area contributed by atoms with E-state index in [1.54, 1.807) is 24.7 Å². The van der Waals surface area contributed by atoms with Gasteiger partial charge in [0.05, 0.1) is 26.1 Å². The number of fused-ring (bicyclic) bond motifs is 1. The highest BCUT2D eigenvalue weighted by Crippen LogP contribution is 2.38. The number of ether oxygens (including phenoxy) is 3. The second kappa shape index (κ2) is 21.3. The molecule has 0 spiro atoms. The Labute approximate surface area is 285 Å². The zero-order chi connectivity index (χ0) is 34.8. The lowest BCUT2D eigenvalue weighted by Gasteiger charge is -2.26. The van der Waals surface area contributed by atoms with Gasteiger partial charge in [0.1, 0.15) is 18.4 Å². The summed E-state index contributed by atoms with van der Waals surface area (Å²) in [6, 6.07) is -1.42. The van der Waals surface area contributed by atoms with Gasteiger partial charge in [0.15, 0.2) is 17.0 Å². The zero-order valence-corrected chi connectivity index (χ0v) is 30.4. The minimum atomic E-state index is -3.64. The number of anilines is 2. The molecule has 0 aliphatic heterocycles. The number of unbranched alkanes of at least 4 members (excludes halogenated alkanes) is 10. The molecule has 0 amide bonds. The number of nitrogens with zero attached hydrogens (tertiary/aromatic N) is 4. The molecule has 272 valence electrons. The molecule has 2 atom stereocenters. The summed E-state index contributed by atoms with van der Waals surface area (Å²) in [5.74, 6) is -0.281. The van der Waals surface area contributed by atoms with Crippen LogP contribution in [0.5, 0.6) is 0 Å². The van der Waals surface area contributed by atoms with E-state index in [0.717, 1.165) is 51.4 Å². The fourth-order valence-electron chi connectivity index (χ4n) is 5.21. The second-order valence-electron chi connectivity index (χ2n) is 12.8. The van der Waals surface area contributed by atoms with Crippen molar-refractivity contribution >= 4 is 42.3 Å². The summed E-state index contributed by atoms with van der Waals surface area (Å²) in [6.45, 7) is 8.64. The Morgan fingerprint density at radius 1 is 0.875 bits per heavy atom. The molecule has 15 heteroatoms. The van der Waals surface area contributed by atoms with E-state index >= 15 is 0 Å². The van der Waals surface area contributed by atoms with Crippen LogP contribution < -0.4 is 21.2 Å². The van der Waals surface area contributed by atoms with Crippen molar-refractivity contribution in [2.75, 3.05) is 37.2 Å². The zero-order valence-electron chi connectivity index (χ0n) is 29.5. The molecule has 1 fully saturated rings. The summed E-state index contributed by atoms with van der Waals surface area (Å²) in [5, 5.41) is 9.10. The monoisotopic (exact) mass is 694 g/mol. The maximum absolute atomic E-state index is 14.1. The van der Waals surface area contributed by atoms with Crippen LogP contribution in [-0.4, -0.2) is 75.8 Å². The van der Waals surface area contributed by atoms with Gasteiger partial charge in [0.25, 0.3) is 0 Å². The smallest absolute Gasteiger partial charge is 0.323 e. The molecule has 48 heavy (non-hydrogen) atoms. The van der Waals surface area contributed by atoms with E-state index in [-0.39, 0.29) is 18.9 Å². The highest BCUT2D eigenvalue weighted by Gasteiger charge is 2.32. The molecule has 0 radical (unpaired) electrons. The third kappa shape index (κ3) is 14.4. The fourth-order valence-corrected chi connectivity index (χ4v) is 7.28. The standard InChI is InChI=1S/C33H59N8O6P/c1-5-7-9-11-13-15-20-46-31(42)25(3)39-48(44,40-26(4)32(43)47-21-16-14-12-10-8-6-2)24-45-22-19-41-23-35-28-29(36-27-17-18-27)37-33(34)38-30(28)41/h23,25-27H,5-22,24H2,1-4H3,(H2,39,40,44)(H3,34,36,37,38)/t25-,26-/m0/s1. The summed E-state index contributed by atoms with van der Waals surface area (Å²) >= 11 is 0. The van der Waals surface area contributed by atoms with E-state index in [9.17, 15) is 14.2 Å². The Bertz CT molecular complexity index is 1260. The third-order valence-corrected chi connectivity index (χ3v) is 10.3. The third-order valence-electron chi connectivity index (χ3n) is 8.14. The lowest BCUT2D eigenvalue weighted by molar-refractivity contribution is -0.145. The number of carbonyl (C=O) groups excluding carboxylic acids is 2. The SMILES string of the molecule is CCCCCCCCOC(=O)[C@H](C)NP(=O)(COCCn1cnc2c(NC3CC3)nc(N)nc21)N[C@@H](C)C(=O)OCCCCCCCC. The van der Waals surface area contributed by atoms with E-state index in [0.29, 0.717) is 42.8 Å². The molecule has 0 bridgehead atoms. The summed E-state index contributed by atoms with van der Waals surface area (Å²) < 4.78 is 32.7. The number of carbonyl (C=O) groups is 2. The molecule has 3 rings (SSSR count). The van der Waals surface area contributed by atoms with Crippen LogP contribution >= 0.6 is 7.44 Å². The lowest BCUT2D eigenvalue weighted by Crippen LogP contribution is -2.43. The van der Waals surface area contributed by atoms with Crippen LogP contribution in [0.4, 0.5) is 11.8 Å². The van der Waals surface area contributed by atoms with Crippen molar-refractivity contribution in [1.82, 2.24) is 29.7 Å². The fraction of sp³-hybridized carbons (Fsp3) is 0.788. The Hall–Kier alpha value is -2.80. The van der Waals surface area contributed by atoms with Gasteiger partial charge in [-0.3, -0.25) is 14.2 Å². The Morgan fingerprint density at radius 3 is 1.96 bits per heavy atom. The van der Waals surface area contributed by atoms with Crippen molar-refractivity contribution in [3.63, 3.8) is 0 Å². The topological polar surface area (TPSA) is 185 Å². The average Bonchev–Trinajstić information content (AvgIpc) is 3.78. The van der Waals surface area contributed by atoms with Gasteiger partial charge in [0.2, 0.25) is 13.4 Å². The number of hydrogen-bond donors (Lipinski definition) is 4. The number of nitrogens with one attached hydrogen (secondary N) is 3. The summed E-state index contributed by atoms with van der Waals surface area (Å²) in [7, 11) is -3.64. The summed E-state index contributed by atoms with van der Waals surface area (Å²) in [5.41, 5.74) is 7.15. The van der Waals surface area contributed by atoms with Gasteiger partial charge < -0.3 is 29.8 Å². The highest BCUT2D eigenvalue weighted by atomic mass is 31.2. The Balaban J connectivity index is 1.55. The maximum atomic E-state index is 14.1. The summed E-state index contributed by atoms with van der Waals surface area (Å²) in [6.07, 6.45) is 16.4. The molecule has 2 aromatic heterocycles. The van der Waals surface area contributed by atoms with Crippen molar-refractivity contribution in [3.05, 3.63) is 6.33 Å². The van der Waals surface area contributed by atoms with Crippen molar-refractivity contribution in [2.45, 2.75) is 142 Å². The molecule has 1 aliphatic carbocycles. The van der Waals surface area contributed by atoms with Gasteiger partial charge in [-0.2, -0.15) is 9.97 Å². The van der Waals surface area contributed by atoms with Crippen molar-refractivity contribution in [3.8, 4) is 0 Å². The first-order valence-corrected chi connectivity index (χ1v) is 19.9. The second-order valence-corrected chi connectivity index (χ2v) is 15.1. The molecule has 14 nitrogen and oxygen atoms in total. The van der Waals surface area contributed by atoms with Crippen molar-refractivity contribution in [1.29, 1.82) is 0 Å². The normalized spacial score (nSPS) is 14.6. The number of esters is 2. The first-order chi connectivity index (χ1) is 23.2. The number of rotatable bonds is 27. The van der Waals surface area contributed by atoms with Crippen LogP contribution in [0.1, 0.15) is 118 Å². The number of nitrogens with two attached hydrogens (primary N) is 1. The van der Waals surface area contributed by atoms with Crippen LogP contribution in [0.3, 0.4) is 0 Å². The Kier molecular flexibility index (Phi) is 17.6. The molecule has 0 saturated heterocycles. The molecule has 2 heterocycles. The first-order valence-electron chi connectivity index (χ1n) is 18.0. The van der Waals surface area contributed by atoms with E-state index in [4.69, 9.17) is 19.9 Å². The number of aromatic nitrogens is 4. The predicted octanol–water partition coefficient (Wildman–Crippen LogP) is 5.91. The molecule has 0 unspecified atom stereocenters. The molecule has 5 N–H and O–H groups in total. The lowest BCUT2D eigenvalue weighted by atomic mass is 10.1. The van der Waals surface area contributed by atoms with Crippen LogP contribution in [0.25, 0.3) is 11.2 Å². The van der Waals surface area contributed by atoms with E-state index in [2.05, 4.69) is 44.3 Å². The minimum absolute atomic E-state index is 0.140. The predicted molar refractivity (Wildman–Crippen MR) is 189 cm³/mol. The minimum Gasteiger partial charge on any atom is -0.465 e. The van der Waals surface area contributed by atoms with Crippen molar-refractivity contribution < 1.29 is 28.4 Å². The highest BCUT2D eigenvalue weighted by molar-refractivity contribution is 7.59. The van der Waals surface area contributed by atoms with Crippen molar-refractivity contribution in [2.24, 2.45) is 0 Å². The average molecular weight is 695 g/mol. The number of hydrogen-bond acceptors (Lipinski definition) is 11. The van der Waals surface area contributed by atoms with Gasteiger partial charge in [-0.1, -0.05) is 78.1 Å².